The molecule has 0 aromatic carbocycles. The quantitative estimate of drug-likeness (QED) is 0.0343. The van der Waals surface area contributed by atoms with Crippen molar-refractivity contribution in [1.82, 2.24) is 0 Å². The summed E-state index contributed by atoms with van der Waals surface area (Å²) < 4.78 is 20.8. The highest BCUT2D eigenvalue weighted by Gasteiger charge is 2.74. The lowest BCUT2D eigenvalue weighted by molar-refractivity contribution is -0.279. The maximum Gasteiger partial charge on any atom is 0.306 e. The molecule has 6 heteroatoms. The molecule has 0 aliphatic heterocycles. The lowest BCUT2D eigenvalue weighted by atomic mass is 9.34. The number of hydrogen-bond acceptors (Lipinski definition) is 6. The molecule has 6 nitrogen and oxygen atoms in total. The number of rotatable bonds is 50. The van der Waals surface area contributed by atoms with Gasteiger partial charge in [-0.05, 0) is 97.7 Å². The van der Waals surface area contributed by atoms with Crippen LogP contribution in [-0.4, -0.2) is 36.2 Å². The summed E-state index contributed by atoms with van der Waals surface area (Å²) in [5.74, 6) is 2.25. The van der Waals surface area contributed by atoms with Crippen LogP contribution in [0.25, 0.3) is 0 Å². The van der Waals surface area contributed by atoms with Gasteiger partial charge >= 0.3 is 17.9 Å². The monoisotopic (exact) mass is 1180 g/mol. The number of carbonyl (C=O) groups is 3. The van der Waals surface area contributed by atoms with Crippen molar-refractivity contribution in [2.24, 2.45) is 57.2 Å². The zero-order chi connectivity index (χ0) is 61.1. The number of ether oxygens (including phenoxy) is 3. The molecule has 11 atom stereocenters. The Kier molecular flexibility index (Phi) is 37.1. The van der Waals surface area contributed by atoms with E-state index in [1.54, 1.807) is 0 Å². The molecule has 0 radical (unpaired) electrons. The lowest BCUT2D eigenvalue weighted by Gasteiger charge is -2.71. The van der Waals surface area contributed by atoms with Crippen LogP contribution in [0.3, 0.4) is 0 Å². The number of esters is 3. The second kappa shape index (κ2) is 41.7. The van der Waals surface area contributed by atoms with Crippen LogP contribution in [0.4, 0.5) is 0 Å². The summed E-state index contributed by atoms with van der Waals surface area (Å²) in [5, 5.41) is 0. The van der Waals surface area contributed by atoms with Gasteiger partial charge in [0.25, 0.3) is 0 Å². The average molecular weight is 1180 g/mol. The molecule has 4 aliphatic rings. The summed E-state index contributed by atoms with van der Waals surface area (Å²) in [4.78, 5) is 42.8. The van der Waals surface area contributed by atoms with Crippen LogP contribution < -0.4 is 0 Å². The van der Waals surface area contributed by atoms with E-state index in [1.165, 1.54) is 238 Å². The first-order chi connectivity index (χ1) is 40.5. The lowest BCUT2D eigenvalue weighted by Crippen LogP contribution is -2.70. The Balaban J connectivity index is 1.48. The van der Waals surface area contributed by atoms with E-state index in [0.717, 1.165) is 70.6 Å². The van der Waals surface area contributed by atoms with Crippen LogP contribution in [0.5, 0.6) is 0 Å². The fourth-order valence-corrected chi connectivity index (χ4v) is 18.6. The van der Waals surface area contributed by atoms with E-state index in [1.807, 2.05) is 0 Å². The third-order valence-corrected chi connectivity index (χ3v) is 23.7. The second-order valence-corrected chi connectivity index (χ2v) is 31.2. The normalized spacial score (nSPS) is 27.5. The summed E-state index contributed by atoms with van der Waals surface area (Å²) in [6, 6.07) is 0. The minimum atomic E-state index is -0.415. The van der Waals surface area contributed by atoms with Gasteiger partial charge in [-0.3, -0.25) is 14.4 Å². The van der Waals surface area contributed by atoms with E-state index in [4.69, 9.17) is 14.2 Å². The molecule has 492 valence electrons. The van der Waals surface area contributed by atoms with Crippen molar-refractivity contribution in [3.8, 4) is 0 Å². The van der Waals surface area contributed by atoms with E-state index in [9.17, 15) is 14.4 Å². The molecule has 0 bridgehead atoms. The van der Waals surface area contributed by atoms with Gasteiger partial charge in [-0.15, -0.1) is 0 Å². The third-order valence-electron chi connectivity index (χ3n) is 23.7. The van der Waals surface area contributed by atoms with E-state index in [2.05, 4.69) is 76.2 Å². The highest BCUT2D eigenvalue weighted by molar-refractivity contribution is 5.70. The molecule has 4 saturated carbocycles. The molecule has 4 fully saturated rings. The van der Waals surface area contributed by atoms with Crippen LogP contribution in [-0.2, 0) is 28.6 Å². The maximum absolute atomic E-state index is 14.5. The van der Waals surface area contributed by atoms with Crippen molar-refractivity contribution in [3.05, 3.63) is 0 Å². The van der Waals surface area contributed by atoms with Crippen LogP contribution >= 0.6 is 0 Å². The van der Waals surface area contributed by atoms with E-state index >= 15 is 0 Å². The Morgan fingerprint density at radius 2 is 0.762 bits per heavy atom. The number of unbranched alkanes of at least 4 members (excludes halogenated alkanes) is 36. The number of fused-ring (bicyclic) bond motifs is 5. The van der Waals surface area contributed by atoms with Gasteiger partial charge in [0.15, 0.2) is 0 Å². The van der Waals surface area contributed by atoms with Crippen LogP contribution in [0, 0.1) is 57.2 Å². The molecule has 0 spiro atoms. The Morgan fingerprint density at radius 3 is 1.14 bits per heavy atom. The van der Waals surface area contributed by atoms with Crippen LogP contribution in [0.1, 0.15) is 404 Å². The van der Waals surface area contributed by atoms with Gasteiger partial charge < -0.3 is 14.2 Å². The van der Waals surface area contributed by atoms with Crippen molar-refractivity contribution in [2.45, 2.75) is 422 Å². The van der Waals surface area contributed by atoms with Gasteiger partial charge in [0.2, 0.25) is 0 Å². The maximum atomic E-state index is 14.5. The summed E-state index contributed by atoms with van der Waals surface area (Å²) >= 11 is 0. The summed E-state index contributed by atoms with van der Waals surface area (Å²) in [5.41, 5.74) is -0.824. The highest BCUT2D eigenvalue weighted by atomic mass is 16.6. The third kappa shape index (κ3) is 24.7. The van der Waals surface area contributed by atoms with E-state index < -0.39 is 5.41 Å². The van der Waals surface area contributed by atoms with Gasteiger partial charge in [-0.2, -0.15) is 0 Å². The first-order valence-electron chi connectivity index (χ1n) is 38.1. The minimum absolute atomic E-state index is 0.0102. The van der Waals surface area contributed by atoms with Crippen molar-refractivity contribution in [3.63, 3.8) is 0 Å². The van der Waals surface area contributed by atoms with Crippen molar-refractivity contribution in [2.75, 3.05) is 0 Å². The molecule has 0 unspecified atom stereocenters. The van der Waals surface area contributed by atoms with Crippen molar-refractivity contribution >= 4 is 17.9 Å². The molecule has 0 aromatic rings. The molecule has 4 aliphatic carbocycles. The van der Waals surface area contributed by atoms with E-state index in [-0.39, 0.29) is 70.2 Å². The number of hydrogen-bond donors (Lipinski definition) is 0. The molecule has 0 amide bonds. The molecule has 0 N–H and O–H groups in total. The molecule has 0 aromatic heterocycles. The van der Waals surface area contributed by atoms with Gasteiger partial charge in [-0.25, -0.2) is 0 Å². The van der Waals surface area contributed by atoms with Crippen molar-refractivity contribution < 1.29 is 28.6 Å². The van der Waals surface area contributed by atoms with Crippen LogP contribution in [0.15, 0.2) is 0 Å². The molecule has 0 saturated heterocycles. The average Bonchev–Trinajstić information content (AvgIpc) is 1.11. The smallest absolute Gasteiger partial charge is 0.306 e. The Bertz CT molecular complexity index is 1720. The Hall–Kier alpha value is -1.59. The molecule has 84 heavy (non-hydrogen) atoms. The Morgan fingerprint density at radius 1 is 0.405 bits per heavy atom. The zero-order valence-corrected chi connectivity index (χ0v) is 58.2. The highest BCUT2D eigenvalue weighted by Crippen LogP contribution is 2.76. The summed E-state index contributed by atoms with van der Waals surface area (Å²) in [7, 11) is 0. The standard InChI is InChI=1S/C78H144O6/c1-12-15-18-21-24-27-30-33-36-39-42-45-48-54-70(79)82-66-61-68-76(9)59-58-69(84-72(81)56-50-47-44-41-38-35-32-29-26-23-20-17-14-3)75(7,8)74(76)67(83-71(80)55-49-46-43-40-37-34-31-28-25-22-19-16-13-2)62-78(68,11)77(10)60-57-65(73(66)77)64(6)53-51-52-63(4)5/h63-69,73-74H,12-62H2,1-11H3/t64-,65-,66-,67+,68-,69+,73+,74+,76-,77-,78-/m1/s1. The topological polar surface area (TPSA) is 78.9 Å². The first-order valence-corrected chi connectivity index (χ1v) is 38.1. The van der Waals surface area contributed by atoms with E-state index in [0.29, 0.717) is 37.0 Å². The van der Waals surface area contributed by atoms with Gasteiger partial charge in [0.05, 0.1) is 0 Å². The first kappa shape index (κ1) is 74.9. The fraction of sp³-hybridized carbons (Fsp3) is 0.962. The van der Waals surface area contributed by atoms with Gasteiger partial charge in [-0.1, -0.05) is 327 Å². The molecular weight excluding hydrogens is 1030 g/mol. The largest absolute Gasteiger partial charge is 0.462 e. The number of carbonyl (C=O) groups excluding carboxylic acids is 3. The summed E-state index contributed by atoms with van der Waals surface area (Å²) in [6.45, 7) is 26.5. The van der Waals surface area contributed by atoms with Gasteiger partial charge in [0.1, 0.15) is 18.3 Å². The SMILES string of the molecule is CCCCCCCCCCCCCCCC(=O)O[C@H]1C[C@]2(C)[C@H](C[C@@H](OC(=O)CCCCCCCCCCCCCCC)[C@@H]3[C@@H]([C@H](C)CCCC(C)C)CC[C@]32C)[C@@]2(C)CC[C@H](OC(=O)CCCCCCCCCCCCCCC)C(C)(C)[C@H]12. The summed E-state index contributed by atoms with van der Waals surface area (Å²) in [6.07, 6.45) is 60.5. The predicted molar refractivity (Wildman–Crippen MR) is 358 cm³/mol. The fourth-order valence-electron chi connectivity index (χ4n) is 18.6. The van der Waals surface area contributed by atoms with Gasteiger partial charge in [0, 0.05) is 36.5 Å². The zero-order valence-electron chi connectivity index (χ0n) is 58.2. The predicted octanol–water partition coefficient (Wildman–Crippen LogP) is 24.5. The minimum Gasteiger partial charge on any atom is -0.462 e. The van der Waals surface area contributed by atoms with Crippen LogP contribution in [0.2, 0.25) is 0 Å². The second-order valence-electron chi connectivity index (χ2n) is 31.2. The Labute approximate surface area is 523 Å². The molecule has 4 rings (SSSR count). The molecule has 0 heterocycles. The van der Waals surface area contributed by atoms with Crippen molar-refractivity contribution in [1.29, 1.82) is 0 Å². The molecular formula is C78H144O6.